The normalized spacial score (nSPS) is 23.6. The molecule has 0 unspecified atom stereocenters. The van der Waals surface area contributed by atoms with Crippen molar-refractivity contribution in [2.75, 3.05) is 12.0 Å². The van der Waals surface area contributed by atoms with Crippen LogP contribution in [0, 0.1) is 29.1 Å². The van der Waals surface area contributed by atoms with Crippen LogP contribution in [0.25, 0.3) is 0 Å². The van der Waals surface area contributed by atoms with Crippen molar-refractivity contribution in [3.05, 3.63) is 40.3 Å². The summed E-state index contributed by atoms with van der Waals surface area (Å²) in [4.78, 5) is 34.0. The van der Waals surface area contributed by atoms with Crippen LogP contribution in [0.15, 0.2) is 30.6 Å². The van der Waals surface area contributed by atoms with Crippen LogP contribution in [-0.4, -0.2) is 36.1 Å². The molecule has 2 saturated carbocycles. The third-order valence-corrected chi connectivity index (χ3v) is 7.90. The second kappa shape index (κ2) is 11.0. The number of ether oxygens (including phenoxy) is 2. The van der Waals surface area contributed by atoms with E-state index in [4.69, 9.17) is 9.47 Å². The summed E-state index contributed by atoms with van der Waals surface area (Å²) < 4.78 is 11.2. The largest absolute Gasteiger partial charge is 0.489 e. The van der Waals surface area contributed by atoms with E-state index in [0.717, 1.165) is 36.3 Å². The number of esters is 1. The Morgan fingerprint density at radius 1 is 1.17 bits per heavy atom. The monoisotopic (exact) mass is 508 g/mol. The number of carbonyl (C=O) groups is 2. The molecular weight excluding hydrogens is 472 g/mol. The second-order valence-corrected chi connectivity index (χ2v) is 12.1. The average Bonchev–Trinajstić information content (AvgIpc) is 3.25. The summed E-state index contributed by atoms with van der Waals surface area (Å²) in [7, 11) is 1.38. The van der Waals surface area contributed by atoms with Gasteiger partial charge in [-0.2, -0.15) is 0 Å². The zero-order valence-electron chi connectivity index (χ0n) is 21.9. The molecule has 36 heavy (non-hydrogen) atoms. The summed E-state index contributed by atoms with van der Waals surface area (Å²) in [5.41, 5.74) is 0.452. The van der Waals surface area contributed by atoms with Crippen molar-refractivity contribution in [3.63, 3.8) is 0 Å². The fourth-order valence-corrected chi connectivity index (χ4v) is 5.68. The smallest absolute Gasteiger partial charge is 0.350 e. The first-order valence-corrected chi connectivity index (χ1v) is 13.6. The predicted molar refractivity (Wildman–Crippen MR) is 142 cm³/mol. The molecule has 7 heteroatoms. The quantitative estimate of drug-likeness (QED) is 0.349. The summed E-state index contributed by atoms with van der Waals surface area (Å²) in [6.45, 7) is 8.39. The summed E-state index contributed by atoms with van der Waals surface area (Å²) in [6.07, 6.45) is 8.68. The Labute approximate surface area is 218 Å². The van der Waals surface area contributed by atoms with Gasteiger partial charge in [0, 0.05) is 36.4 Å². The Kier molecular flexibility index (Phi) is 8.04. The molecule has 2 heterocycles. The fraction of sp³-hybridized carbons (Fsp3) is 0.552. The molecule has 0 spiro atoms. The summed E-state index contributed by atoms with van der Waals surface area (Å²) >= 11 is 1.30. The number of hydrogen-bond acceptors (Lipinski definition) is 6. The Morgan fingerprint density at radius 3 is 2.50 bits per heavy atom. The van der Waals surface area contributed by atoms with E-state index in [0.29, 0.717) is 29.3 Å². The molecule has 0 aromatic carbocycles. The average molecular weight is 509 g/mol. The maximum absolute atomic E-state index is 14.0. The van der Waals surface area contributed by atoms with Crippen LogP contribution in [0.4, 0.5) is 5.69 Å². The van der Waals surface area contributed by atoms with Gasteiger partial charge in [-0.15, -0.1) is 11.3 Å². The molecule has 1 amide bonds. The molecule has 0 saturated heterocycles. The summed E-state index contributed by atoms with van der Waals surface area (Å²) in [5, 5.41) is 0. The molecule has 2 aliphatic rings. The Hall–Kier alpha value is -2.85. The molecule has 2 aromatic heterocycles. The van der Waals surface area contributed by atoms with Crippen LogP contribution in [-0.2, 0) is 9.53 Å². The van der Waals surface area contributed by atoms with Crippen molar-refractivity contribution in [3.8, 4) is 17.6 Å². The van der Waals surface area contributed by atoms with E-state index in [1.807, 2.05) is 43.9 Å². The highest BCUT2D eigenvalue weighted by Gasteiger charge is 2.42. The van der Waals surface area contributed by atoms with E-state index in [-0.39, 0.29) is 29.4 Å². The van der Waals surface area contributed by atoms with E-state index in [9.17, 15) is 9.59 Å². The van der Waals surface area contributed by atoms with Crippen LogP contribution in [0.2, 0.25) is 0 Å². The first kappa shape index (κ1) is 26.2. The molecular formula is C29H36N2O4S. The number of anilines is 1. The number of hydrogen-bond donors (Lipinski definition) is 0. The van der Waals surface area contributed by atoms with Crippen molar-refractivity contribution < 1.29 is 19.1 Å². The second-order valence-electron chi connectivity index (χ2n) is 11.0. The van der Waals surface area contributed by atoms with Gasteiger partial charge < -0.3 is 14.4 Å². The lowest BCUT2D eigenvalue weighted by Crippen LogP contribution is -2.54. The highest BCUT2D eigenvalue weighted by atomic mass is 32.1. The molecule has 0 atom stereocenters. The van der Waals surface area contributed by atoms with Gasteiger partial charge in [0.2, 0.25) is 5.91 Å². The van der Waals surface area contributed by atoms with Crippen molar-refractivity contribution in [1.82, 2.24) is 4.98 Å². The lowest BCUT2D eigenvalue weighted by molar-refractivity contribution is -0.124. The molecule has 6 nitrogen and oxygen atoms in total. The Balaban J connectivity index is 1.64. The van der Waals surface area contributed by atoms with Gasteiger partial charge in [-0.05, 0) is 70.6 Å². The van der Waals surface area contributed by atoms with Gasteiger partial charge in [-0.3, -0.25) is 9.78 Å². The molecule has 0 N–H and O–H groups in total. The van der Waals surface area contributed by atoms with Gasteiger partial charge in [-0.1, -0.05) is 18.8 Å². The predicted octanol–water partition coefficient (Wildman–Crippen LogP) is 6.10. The molecule has 0 bridgehead atoms. The third-order valence-electron chi connectivity index (χ3n) is 6.88. The van der Waals surface area contributed by atoms with Gasteiger partial charge in [0.15, 0.2) is 0 Å². The van der Waals surface area contributed by atoms with E-state index in [1.54, 1.807) is 12.4 Å². The van der Waals surface area contributed by atoms with Crippen LogP contribution in [0.1, 0.15) is 80.8 Å². The number of aromatic nitrogens is 1. The van der Waals surface area contributed by atoms with Gasteiger partial charge in [0.1, 0.15) is 16.7 Å². The van der Waals surface area contributed by atoms with E-state index in [2.05, 4.69) is 23.7 Å². The molecule has 0 radical (unpaired) electrons. The minimum absolute atomic E-state index is 0.00115. The SMILES string of the molecule is COC(=O)c1sc(C#CC(C)(C)C)cc1N(C(=O)C1CCC(C)CC1)C1CC(Oc2cccnc2)C1. The molecule has 2 fully saturated rings. The fourth-order valence-electron chi connectivity index (χ4n) is 4.76. The molecule has 4 rings (SSSR count). The van der Waals surface area contributed by atoms with E-state index in [1.165, 1.54) is 18.4 Å². The number of carbonyl (C=O) groups excluding carboxylic acids is 2. The highest BCUT2D eigenvalue weighted by Crippen LogP contribution is 2.41. The maximum atomic E-state index is 14.0. The molecule has 2 aliphatic carbocycles. The third kappa shape index (κ3) is 6.28. The molecule has 0 aliphatic heterocycles. The summed E-state index contributed by atoms with van der Waals surface area (Å²) in [6, 6.07) is 5.59. The van der Waals surface area contributed by atoms with Crippen LogP contribution < -0.4 is 9.64 Å². The Morgan fingerprint density at radius 2 is 1.89 bits per heavy atom. The first-order valence-electron chi connectivity index (χ1n) is 12.8. The minimum Gasteiger partial charge on any atom is -0.489 e. The molecule has 192 valence electrons. The van der Waals surface area contributed by atoms with Crippen molar-refractivity contribution in [2.24, 2.45) is 17.3 Å². The zero-order chi connectivity index (χ0) is 25.9. The van der Waals surface area contributed by atoms with Gasteiger partial charge in [-0.25, -0.2) is 4.79 Å². The van der Waals surface area contributed by atoms with Crippen LogP contribution >= 0.6 is 11.3 Å². The number of nitrogens with zero attached hydrogens (tertiary/aromatic N) is 2. The Bertz CT molecular complexity index is 1130. The van der Waals surface area contributed by atoms with Crippen molar-refractivity contribution in [1.29, 1.82) is 0 Å². The lowest BCUT2D eigenvalue weighted by Gasteiger charge is -2.44. The van der Waals surface area contributed by atoms with Crippen molar-refractivity contribution in [2.45, 2.75) is 78.4 Å². The summed E-state index contributed by atoms with van der Waals surface area (Å²) in [5.74, 6) is 7.46. The van der Waals surface area contributed by atoms with E-state index >= 15 is 0 Å². The standard InChI is InChI=1S/C29H36N2O4S/c1-19-8-10-20(11-9-19)27(32)31(21-15-23(16-21)35-22-7-6-14-30-18-22)25-17-24(12-13-29(2,3)4)36-26(25)28(33)34-5/h6-7,14,17-21,23H,8-11,15-16H2,1-5H3. The number of thiophene rings is 1. The van der Waals surface area contributed by atoms with Crippen LogP contribution in [0.3, 0.4) is 0 Å². The van der Waals surface area contributed by atoms with Gasteiger partial charge >= 0.3 is 5.97 Å². The number of amides is 1. The lowest BCUT2D eigenvalue weighted by atomic mass is 9.80. The van der Waals surface area contributed by atoms with E-state index < -0.39 is 5.97 Å². The minimum atomic E-state index is -0.434. The number of pyridine rings is 1. The topological polar surface area (TPSA) is 68.7 Å². The molecule has 2 aromatic rings. The van der Waals surface area contributed by atoms with Gasteiger partial charge in [0.25, 0.3) is 0 Å². The number of methoxy groups -OCH3 is 1. The highest BCUT2D eigenvalue weighted by molar-refractivity contribution is 7.15. The zero-order valence-corrected chi connectivity index (χ0v) is 22.7. The number of rotatable bonds is 6. The van der Waals surface area contributed by atoms with Gasteiger partial charge in [0.05, 0.1) is 23.9 Å². The van der Waals surface area contributed by atoms with Crippen LogP contribution in [0.5, 0.6) is 5.75 Å². The maximum Gasteiger partial charge on any atom is 0.350 e. The first-order chi connectivity index (χ1) is 17.1. The van der Waals surface area contributed by atoms with Crippen molar-refractivity contribution >= 4 is 28.9 Å².